The Morgan fingerprint density at radius 2 is 1.67 bits per heavy atom. The smallest absolute Gasteiger partial charge is 0.253 e. The third-order valence-electron chi connectivity index (χ3n) is 4.98. The maximum Gasteiger partial charge on any atom is 0.253 e. The lowest BCUT2D eigenvalue weighted by molar-refractivity contribution is 0.0711. The van der Waals surface area contributed by atoms with E-state index in [0.29, 0.717) is 31.5 Å². The molecule has 0 atom stereocenters. The van der Waals surface area contributed by atoms with Gasteiger partial charge in [-0.3, -0.25) is 4.79 Å². The van der Waals surface area contributed by atoms with Crippen molar-refractivity contribution in [3.05, 3.63) is 65.0 Å². The zero-order valence-electron chi connectivity index (χ0n) is 15.4. The normalized spacial score (nSPS) is 15.7. The second-order valence-electron chi connectivity index (χ2n) is 6.94. The number of sulfonamides is 1. The Hall–Kier alpha value is -2.25. The van der Waals surface area contributed by atoms with E-state index in [0.717, 1.165) is 11.1 Å². The van der Waals surface area contributed by atoms with E-state index in [-0.39, 0.29) is 22.7 Å². The molecule has 1 aliphatic heterocycles. The summed E-state index contributed by atoms with van der Waals surface area (Å²) >= 11 is 0. The zero-order valence-corrected chi connectivity index (χ0v) is 16.2. The molecule has 2 aromatic rings. The van der Waals surface area contributed by atoms with Crippen LogP contribution in [0.15, 0.2) is 47.4 Å². The molecular weight excluding hydrogens is 367 g/mol. The van der Waals surface area contributed by atoms with Crippen LogP contribution in [0.25, 0.3) is 0 Å². The van der Waals surface area contributed by atoms with Gasteiger partial charge < -0.3 is 4.90 Å². The van der Waals surface area contributed by atoms with Crippen molar-refractivity contribution in [3.63, 3.8) is 0 Å². The number of hydrogen-bond acceptors (Lipinski definition) is 3. The Labute approximate surface area is 159 Å². The molecule has 0 aromatic heterocycles. The number of likely N-dealkylation sites (tertiary alicyclic amines) is 1. The van der Waals surface area contributed by atoms with Gasteiger partial charge in [-0.2, -0.15) is 0 Å². The Morgan fingerprint density at radius 3 is 2.26 bits per heavy atom. The van der Waals surface area contributed by atoms with Crippen molar-refractivity contribution in [2.75, 3.05) is 13.1 Å². The minimum atomic E-state index is -3.59. The largest absolute Gasteiger partial charge is 0.339 e. The molecular formula is C20H23FN2O3S. The molecule has 0 spiro atoms. The van der Waals surface area contributed by atoms with Crippen LogP contribution in [0, 0.1) is 19.7 Å². The van der Waals surface area contributed by atoms with Crippen molar-refractivity contribution in [2.45, 2.75) is 37.6 Å². The fourth-order valence-electron chi connectivity index (χ4n) is 3.14. The summed E-state index contributed by atoms with van der Waals surface area (Å²) in [6, 6.07) is 10.3. The van der Waals surface area contributed by atoms with Gasteiger partial charge in [0.15, 0.2) is 0 Å². The minimum Gasteiger partial charge on any atom is -0.339 e. The summed E-state index contributed by atoms with van der Waals surface area (Å²) in [4.78, 5) is 14.4. The van der Waals surface area contributed by atoms with Crippen LogP contribution in [0.1, 0.15) is 34.3 Å². The molecule has 5 nitrogen and oxygen atoms in total. The van der Waals surface area contributed by atoms with E-state index >= 15 is 0 Å². The van der Waals surface area contributed by atoms with Crippen molar-refractivity contribution in [3.8, 4) is 0 Å². The van der Waals surface area contributed by atoms with Crippen LogP contribution in [-0.4, -0.2) is 38.4 Å². The highest BCUT2D eigenvalue weighted by Gasteiger charge is 2.27. The van der Waals surface area contributed by atoms with Crippen LogP contribution in [0.2, 0.25) is 0 Å². The van der Waals surface area contributed by atoms with E-state index in [2.05, 4.69) is 4.72 Å². The molecule has 3 rings (SSSR count). The van der Waals surface area contributed by atoms with Crippen molar-refractivity contribution in [1.82, 2.24) is 9.62 Å². The van der Waals surface area contributed by atoms with Crippen LogP contribution < -0.4 is 4.72 Å². The van der Waals surface area contributed by atoms with Gasteiger partial charge in [-0.25, -0.2) is 17.5 Å². The first-order chi connectivity index (χ1) is 12.8. The molecule has 2 aromatic carbocycles. The molecule has 1 heterocycles. The van der Waals surface area contributed by atoms with Crippen LogP contribution >= 0.6 is 0 Å². The third kappa shape index (κ3) is 4.54. The van der Waals surface area contributed by atoms with Gasteiger partial charge in [0.1, 0.15) is 5.82 Å². The van der Waals surface area contributed by atoms with Crippen LogP contribution in [0.5, 0.6) is 0 Å². The molecule has 1 amide bonds. The minimum absolute atomic E-state index is 0.162. The first-order valence-electron chi connectivity index (χ1n) is 8.91. The Balaban J connectivity index is 1.61. The molecule has 0 bridgehead atoms. The van der Waals surface area contributed by atoms with E-state index in [1.165, 1.54) is 24.3 Å². The lowest BCUT2D eigenvalue weighted by Gasteiger charge is -2.32. The second kappa shape index (κ2) is 7.78. The lowest BCUT2D eigenvalue weighted by Crippen LogP contribution is -2.46. The van der Waals surface area contributed by atoms with Gasteiger partial charge in [0.2, 0.25) is 10.0 Å². The molecule has 1 fully saturated rings. The lowest BCUT2D eigenvalue weighted by atomic mass is 10.0. The average molecular weight is 390 g/mol. The molecule has 0 aliphatic carbocycles. The van der Waals surface area contributed by atoms with Crippen molar-refractivity contribution in [1.29, 1.82) is 0 Å². The molecule has 1 N–H and O–H groups in total. The van der Waals surface area contributed by atoms with Gasteiger partial charge in [0.25, 0.3) is 5.91 Å². The monoisotopic (exact) mass is 390 g/mol. The predicted molar refractivity (Wildman–Crippen MR) is 102 cm³/mol. The topological polar surface area (TPSA) is 66.5 Å². The van der Waals surface area contributed by atoms with Gasteiger partial charge in [0.05, 0.1) is 4.90 Å². The molecule has 144 valence electrons. The number of halogens is 1. The summed E-state index contributed by atoms with van der Waals surface area (Å²) in [6.07, 6.45) is 1.08. The standard InChI is InChI=1S/C20H23FN2O3S/c1-14-3-8-19(13-15(14)2)27(25,26)22-18-9-11-23(12-10-18)20(24)16-4-6-17(21)7-5-16/h3-8,13,18,22H,9-12H2,1-2H3. The predicted octanol–water partition coefficient (Wildman–Crippen LogP) is 3.03. The highest BCUT2D eigenvalue weighted by atomic mass is 32.2. The number of hydrogen-bond donors (Lipinski definition) is 1. The maximum atomic E-state index is 13.0. The first kappa shape index (κ1) is 19.5. The van der Waals surface area contributed by atoms with Gasteiger partial charge in [-0.15, -0.1) is 0 Å². The van der Waals surface area contributed by atoms with E-state index in [4.69, 9.17) is 0 Å². The van der Waals surface area contributed by atoms with E-state index < -0.39 is 10.0 Å². The number of carbonyl (C=O) groups excluding carboxylic acids is 1. The van der Waals surface area contributed by atoms with Crippen molar-refractivity contribution >= 4 is 15.9 Å². The molecule has 1 saturated heterocycles. The maximum absolute atomic E-state index is 13.0. The average Bonchev–Trinajstić information content (AvgIpc) is 2.64. The molecule has 27 heavy (non-hydrogen) atoms. The number of nitrogens with one attached hydrogen (secondary N) is 1. The summed E-state index contributed by atoms with van der Waals surface area (Å²) in [6.45, 7) is 4.73. The van der Waals surface area contributed by atoms with Gasteiger partial charge in [0, 0.05) is 24.7 Å². The quantitative estimate of drug-likeness (QED) is 0.873. The number of amides is 1. The van der Waals surface area contributed by atoms with Crippen molar-refractivity contribution in [2.24, 2.45) is 0 Å². The first-order valence-corrected chi connectivity index (χ1v) is 10.4. The van der Waals surface area contributed by atoms with E-state index in [1.807, 2.05) is 13.8 Å². The highest BCUT2D eigenvalue weighted by Crippen LogP contribution is 2.19. The number of benzene rings is 2. The fraction of sp³-hybridized carbons (Fsp3) is 0.350. The molecule has 0 radical (unpaired) electrons. The Kier molecular flexibility index (Phi) is 5.62. The number of piperidine rings is 1. The van der Waals surface area contributed by atoms with Gasteiger partial charge in [-0.05, 0) is 74.2 Å². The Morgan fingerprint density at radius 1 is 1.04 bits per heavy atom. The summed E-state index contributed by atoms with van der Waals surface area (Å²) < 4.78 is 41.0. The zero-order chi connectivity index (χ0) is 19.6. The third-order valence-corrected chi connectivity index (χ3v) is 6.50. The van der Waals surface area contributed by atoms with E-state index in [1.54, 1.807) is 23.1 Å². The molecule has 7 heteroatoms. The number of nitrogens with zero attached hydrogens (tertiary/aromatic N) is 1. The fourth-order valence-corrected chi connectivity index (χ4v) is 4.53. The van der Waals surface area contributed by atoms with Crippen LogP contribution in [0.4, 0.5) is 4.39 Å². The van der Waals surface area contributed by atoms with E-state index in [9.17, 15) is 17.6 Å². The summed E-state index contributed by atoms with van der Waals surface area (Å²) in [5.41, 5.74) is 2.41. The van der Waals surface area contributed by atoms with Gasteiger partial charge in [-0.1, -0.05) is 6.07 Å². The summed E-state index contributed by atoms with van der Waals surface area (Å²) in [7, 11) is -3.59. The second-order valence-corrected chi connectivity index (χ2v) is 8.65. The number of aryl methyl sites for hydroxylation is 2. The highest BCUT2D eigenvalue weighted by molar-refractivity contribution is 7.89. The van der Waals surface area contributed by atoms with Crippen LogP contribution in [-0.2, 0) is 10.0 Å². The number of rotatable bonds is 4. The molecule has 0 unspecified atom stereocenters. The summed E-state index contributed by atoms with van der Waals surface area (Å²) in [5.74, 6) is -0.545. The van der Waals surface area contributed by atoms with Crippen molar-refractivity contribution < 1.29 is 17.6 Å². The van der Waals surface area contributed by atoms with Gasteiger partial charge >= 0.3 is 0 Å². The number of carbonyl (C=O) groups is 1. The molecule has 0 saturated carbocycles. The summed E-state index contributed by atoms with van der Waals surface area (Å²) in [5, 5.41) is 0. The van der Waals surface area contributed by atoms with Crippen LogP contribution in [0.3, 0.4) is 0 Å². The Bertz CT molecular complexity index is 934. The SMILES string of the molecule is Cc1ccc(S(=O)(=O)NC2CCN(C(=O)c3ccc(F)cc3)CC2)cc1C. The molecule has 1 aliphatic rings.